The number of ether oxygens (including phenoxy) is 1. The topological polar surface area (TPSA) is 35.0 Å². The Balaban J connectivity index is 1.35. The number of aromatic nitrogens is 2. The predicted octanol–water partition coefficient (Wildman–Crippen LogP) is 9.18. The highest BCUT2D eigenvalue weighted by molar-refractivity contribution is 5.57. The van der Waals surface area contributed by atoms with Crippen LogP contribution in [0.5, 0.6) is 5.75 Å². The molecule has 1 unspecified atom stereocenters. The Hall–Kier alpha value is -2.68. The molecule has 2 aromatic carbocycles. The molecule has 188 valence electrons. The van der Waals surface area contributed by atoms with Gasteiger partial charge in [0.15, 0.2) is 5.82 Å². The fourth-order valence-electron chi connectivity index (χ4n) is 4.53. The van der Waals surface area contributed by atoms with E-state index in [2.05, 4.69) is 66.3 Å². The maximum Gasteiger partial charge on any atom is 0.159 e. The van der Waals surface area contributed by atoms with Crippen molar-refractivity contribution in [2.75, 3.05) is 6.61 Å². The van der Waals surface area contributed by atoms with Gasteiger partial charge in [0.2, 0.25) is 0 Å². The van der Waals surface area contributed by atoms with Crippen LogP contribution in [0.15, 0.2) is 67.0 Å². The van der Waals surface area contributed by atoms with Gasteiger partial charge in [-0.25, -0.2) is 9.97 Å². The quantitative estimate of drug-likeness (QED) is 0.184. The van der Waals surface area contributed by atoms with Crippen LogP contribution in [0.1, 0.15) is 102 Å². The number of hydrogen-bond acceptors (Lipinski definition) is 3. The normalized spacial score (nSPS) is 11.9. The molecule has 0 aliphatic rings. The zero-order valence-corrected chi connectivity index (χ0v) is 21.9. The summed E-state index contributed by atoms with van der Waals surface area (Å²) in [6.07, 6.45) is 19.4. The van der Waals surface area contributed by atoms with Crippen molar-refractivity contribution in [3.8, 4) is 17.1 Å². The molecule has 3 nitrogen and oxygen atoms in total. The van der Waals surface area contributed by atoms with Gasteiger partial charge >= 0.3 is 0 Å². The van der Waals surface area contributed by atoms with Crippen LogP contribution in [-0.4, -0.2) is 16.6 Å². The van der Waals surface area contributed by atoms with E-state index in [0.29, 0.717) is 5.92 Å². The number of benzene rings is 2. The van der Waals surface area contributed by atoms with Crippen molar-refractivity contribution >= 4 is 0 Å². The van der Waals surface area contributed by atoms with Crippen LogP contribution in [0.25, 0.3) is 11.4 Å². The lowest BCUT2D eigenvalue weighted by molar-refractivity contribution is 0.303. The van der Waals surface area contributed by atoms with E-state index in [4.69, 9.17) is 4.74 Å². The Labute approximate surface area is 213 Å². The van der Waals surface area contributed by atoms with Crippen molar-refractivity contribution in [1.82, 2.24) is 9.97 Å². The van der Waals surface area contributed by atoms with Gasteiger partial charge in [0.05, 0.1) is 6.61 Å². The molecular formula is C32H44N2O. The largest absolute Gasteiger partial charge is 0.494 e. The molecule has 0 saturated carbocycles. The Morgan fingerprint density at radius 1 is 0.743 bits per heavy atom. The molecule has 0 aliphatic heterocycles. The first-order chi connectivity index (χ1) is 17.3. The third-order valence-corrected chi connectivity index (χ3v) is 6.79. The lowest BCUT2D eigenvalue weighted by atomic mass is 9.97. The minimum atomic E-state index is 0.550. The smallest absolute Gasteiger partial charge is 0.159 e. The lowest BCUT2D eigenvalue weighted by Gasteiger charge is -2.12. The Kier molecular flexibility index (Phi) is 12.4. The van der Waals surface area contributed by atoms with Gasteiger partial charge < -0.3 is 4.74 Å². The van der Waals surface area contributed by atoms with Gasteiger partial charge in [-0.1, -0.05) is 108 Å². The molecule has 0 amide bonds. The van der Waals surface area contributed by atoms with Crippen LogP contribution in [-0.2, 0) is 6.42 Å². The Morgan fingerprint density at radius 3 is 2.14 bits per heavy atom. The molecule has 0 N–H and O–H groups in total. The molecule has 0 fully saturated rings. The fourth-order valence-corrected chi connectivity index (χ4v) is 4.53. The van der Waals surface area contributed by atoms with E-state index in [1.165, 1.54) is 68.9 Å². The summed E-state index contributed by atoms with van der Waals surface area (Å²) >= 11 is 0. The summed E-state index contributed by atoms with van der Waals surface area (Å²) in [5.41, 5.74) is 3.64. The highest BCUT2D eigenvalue weighted by Crippen LogP contribution is 2.23. The van der Waals surface area contributed by atoms with Gasteiger partial charge in [0, 0.05) is 18.0 Å². The van der Waals surface area contributed by atoms with E-state index in [0.717, 1.165) is 43.0 Å². The van der Waals surface area contributed by atoms with Crippen molar-refractivity contribution in [3.63, 3.8) is 0 Å². The minimum absolute atomic E-state index is 0.550. The van der Waals surface area contributed by atoms with E-state index in [9.17, 15) is 0 Å². The summed E-state index contributed by atoms with van der Waals surface area (Å²) in [6.45, 7) is 5.28. The Bertz CT molecular complexity index is 939. The van der Waals surface area contributed by atoms with Crippen molar-refractivity contribution in [2.45, 2.75) is 96.8 Å². The van der Waals surface area contributed by atoms with Crippen molar-refractivity contribution in [1.29, 1.82) is 0 Å². The third-order valence-electron chi connectivity index (χ3n) is 6.79. The van der Waals surface area contributed by atoms with Crippen LogP contribution < -0.4 is 4.74 Å². The summed E-state index contributed by atoms with van der Waals surface area (Å²) in [5.74, 6) is 2.20. The van der Waals surface area contributed by atoms with Crippen molar-refractivity contribution in [2.24, 2.45) is 0 Å². The molecule has 1 aromatic heterocycles. The Morgan fingerprint density at radius 2 is 1.43 bits per heavy atom. The molecule has 0 bridgehead atoms. The van der Waals surface area contributed by atoms with Gasteiger partial charge in [-0.3, -0.25) is 0 Å². The second-order valence-electron chi connectivity index (χ2n) is 9.82. The van der Waals surface area contributed by atoms with E-state index in [-0.39, 0.29) is 0 Å². The van der Waals surface area contributed by atoms with Crippen LogP contribution in [0.4, 0.5) is 0 Å². The second-order valence-corrected chi connectivity index (χ2v) is 9.82. The first-order valence-electron chi connectivity index (χ1n) is 13.9. The third kappa shape index (κ3) is 10.2. The maximum absolute atomic E-state index is 6.04. The molecule has 3 heteroatoms. The highest BCUT2D eigenvalue weighted by atomic mass is 16.5. The number of rotatable bonds is 17. The standard InChI is InChI=1S/C32H44N2O/c1-3-4-5-6-7-8-9-10-12-18-28-25-33-32(34-26-28)30-21-15-22-31(24-30)35-23-16-17-27(2)29-19-13-11-14-20-29/h11,13-15,19-22,24-27H,3-10,12,16-18,23H2,1-2H3. The van der Waals surface area contributed by atoms with Gasteiger partial charge in [0.25, 0.3) is 0 Å². The molecule has 35 heavy (non-hydrogen) atoms. The van der Waals surface area contributed by atoms with E-state index >= 15 is 0 Å². The monoisotopic (exact) mass is 472 g/mol. The van der Waals surface area contributed by atoms with Crippen molar-refractivity contribution < 1.29 is 4.74 Å². The lowest BCUT2D eigenvalue weighted by Crippen LogP contribution is -2.01. The van der Waals surface area contributed by atoms with Crippen LogP contribution >= 0.6 is 0 Å². The summed E-state index contributed by atoms with van der Waals surface area (Å²) in [7, 11) is 0. The van der Waals surface area contributed by atoms with E-state index in [1.807, 2.05) is 24.5 Å². The van der Waals surface area contributed by atoms with Gasteiger partial charge in [-0.15, -0.1) is 0 Å². The van der Waals surface area contributed by atoms with Gasteiger partial charge in [-0.05, 0) is 54.9 Å². The zero-order valence-electron chi connectivity index (χ0n) is 21.9. The SMILES string of the molecule is CCCCCCCCCCCc1cnc(-c2cccc(OCCCC(C)c3ccccc3)c2)nc1. The molecule has 0 spiro atoms. The summed E-state index contributed by atoms with van der Waals surface area (Å²) < 4.78 is 6.04. The molecule has 0 radical (unpaired) electrons. The summed E-state index contributed by atoms with van der Waals surface area (Å²) in [4.78, 5) is 9.27. The van der Waals surface area contributed by atoms with Crippen LogP contribution in [0, 0.1) is 0 Å². The van der Waals surface area contributed by atoms with Crippen molar-refractivity contribution in [3.05, 3.63) is 78.1 Å². The predicted molar refractivity (Wildman–Crippen MR) is 148 cm³/mol. The summed E-state index contributed by atoms with van der Waals surface area (Å²) in [5, 5.41) is 0. The van der Waals surface area contributed by atoms with Gasteiger partial charge in [-0.2, -0.15) is 0 Å². The van der Waals surface area contributed by atoms with Crippen LogP contribution in [0.3, 0.4) is 0 Å². The average Bonchev–Trinajstić information content (AvgIpc) is 2.91. The highest BCUT2D eigenvalue weighted by Gasteiger charge is 2.06. The fraction of sp³-hybridized carbons (Fsp3) is 0.500. The first kappa shape index (κ1) is 26.9. The molecule has 1 heterocycles. The second kappa shape index (κ2) is 16.1. The zero-order chi connectivity index (χ0) is 24.6. The molecule has 3 rings (SSSR count). The molecule has 1 atom stereocenters. The molecule has 0 saturated heterocycles. The number of nitrogens with zero attached hydrogens (tertiary/aromatic N) is 2. The number of hydrogen-bond donors (Lipinski definition) is 0. The average molecular weight is 473 g/mol. The maximum atomic E-state index is 6.04. The van der Waals surface area contributed by atoms with E-state index < -0.39 is 0 Å². The number of unbranched alkanes of at least 4 members (excludes halogenated alkanes) is 8. The first-order valence-corrected chi connectivity index (χ1v) is 13.9. The van der Waals surface area contributed by atoms with E-state index in [1.54, 1.807) is 0 Å². The molecular weight excluding hydrogens is 428 g/mol. The molecule has 0 aliphatic carbocycles. The minimum Gasteiger partial charge on any atom is -0.494 e. The van der Waals surface area contributed by atoms with Gasteiger partial charge in [0.1, 0.15) is 5.75 Å². The van der Waals surface area contributed by atoms with Crippen LogP contribution in [0.2, 0.25) is 0 Å². The molecule has 3 aromatic rings. The number of aryl methyl sites for hydroxylation is 1. The summed E-state index contributed by atoms with van der Waals surface area (Å²) in [6, 6.07) is 18.9.